The second kappa shape index (κ2) is 7.46. The summed E-state index contributed by atoms with van der Waals surface area (Å²) < 4.78 is 1.98. The van der Waals surface area contributed by atoms with E-state index in [1.807, 2.05) is 11.7 Å². The van der Waals surface area contributed by atoms with Gasteiger partial charge in [-0.05, 0) is 38.1 Å². The van der Waals surface area contributed by atoms with Crippen LogP contribution in [0.2, 0.25) is 5.02 Å². The third kappa shape index (κ3) is 3.56. The number of aromatic nitrogens is 2. The lowest BCUT2D eigenvalue weighted by molar-refractivity contribution is 0.351. The average Bonchev–Trinajstić information content (AvgIpc) is 3.05. The average molecular weight is 298 g/mol. The standard InChI is InChI=1S/C16H28ClN3/c1-4-10-18-14(12-8-6-7-9-12)11-15-16(17)13(5-2)19-20(15)3/h12,14,18H,4-11H2,1-3H3. The first-order valence-corrected chi connectivity index (χ1v) is 8.48. The third-order valence-corrected chi connectivity index (χ3v) is 4.98. The van der Waals surface area contributed by atoms with E-state index >= 15 is 0 Å². The van der Waals surface area contributed by atoms with E-state index in [9.17, 15) is 0 Å². The highest BCUT2D eigenvalue weighted by atomic mass is 35.5. The molecule has 0 aliphatic heterocycles. The fraction of sp³-hybridized carbons (Fsp3) is 0.812. The summed E-state index contributed by atoms with van der Waals surface area (Å²) in [6.45, 7) is 5.43. The van der Waals surface area contributed by atoms with Crippen molar-refractivity contribution in [2.75, 3.05) is 6.54 Å². The van der Waals surface area contributed by atoms with Crippen molar-refractivity contribution in [3.8, 4) is 0 Å². The number of nitrogens with zero attached hydrogens (tertiary/aromatic N) is 2. The van der Waals surface area contributed by atoms with Crippen LogP contribution in [-0.2, 0) is 19.9 Å². The summed E-state index contributed by atoms with van der Waals surface area (Å²) in [5.74, 6) is 0.803. The molecule has 1 atom stereocenters. The second-order valence-corrected chi connectivity index (χ2v) is 6.37. The van der Waals surface area contributed by atoms with Crippen molar-refractivity contribution in [2.24, 2.45) is 13.0 Å². The molecule has 2 rings (SSSR count). The molecule has 1 N–H and O–H groups in total. The van der Waals surface area contributed by atoms with Crippen molar-refractivity contribution < 1.29 is 0 Å². The first-order valence-electron chi connectivity index (χ1n) is 8.11. The largest absolute Gasteiger partial charge is 0.313 e. The lowest BCUT2D eigenvalue weighted by atomic mass is 9.93. The lowest BCUT2D eigenvalue weighted by Gasteiger charge is -2.25. The topological polar surface area (TPSA) is 29.9 Å². The summed E-state index contributed by atoms with van der Waals surface area (Å²) in [5.41, 5.74) is 2.23. The molecule has 3 nitrogen and oxygen atoms in total. The maximum absolute atomic E-state index is 6.50. The number of aryl methyl sites for hydroxylation is 2. The van der Waals surface area contributed by atoms with E-state index in [-0.39, 0.29) is 0 Å². The molecule has 1 unspecified atom stereocenters. The van der Waals surface area contributed by atoms with Crippen molar-refractivity contribution in [2.45, 2.75) is 64.8 Å². The molecule has 114 valence electrons. The molecular formula is C16H28ClN3. The van der Waals surface area contributed by atoms with E-state index in [2.05, 4.69) is 24.3 Å². The van der Waals surface area contributed by atoms with Crippen LogP contribution >= 0.6 is 11.6 Å². The minimum absolute atomic E-state index is 0.551. The van der Waals surface area contributed by atoms with Gasteiger partial charge in [-0.1, -0.05) is 38.3 Å². The van der Waals surface area contributed by atoms with Gasteiger partial charge in [0.15, 0.2) is 0 Å². The van der Waals surface area contributed by atoms with Crippen LogP contribution in [-0.4, -0.2) is 22.4 Å². The quantitative estimate of drug-likeness (QED) is 0.831. The summed E-state index contributed by atoms with van der Waals surface area (Å²) in [6, 6.07) is 0.551. The van der Waals surface area contributed by atoms with E-state index in [4.69, 9.17) is 11.6 Å². The molecular weight excluding hydrogens is 270 g/mol. The highest BCUT2D eigenvalue weighted by molar-refractivity contribution is 6.31. The Bertz CT molecular complexity index is 422. The predicted molar refractivity (Wildman–Crippen MR) is 85.3 cm³/mol. The van der Waals surface area contributed by atoms with E-state index in [1.165, 1.54) is 37.8 Å². The van der Waals surface area contributed by atoms with Crippen LogP contribution in [0.5, 0.6) is 0 Å². The maximum atomic E-state index is 6.50. The Hall–Kier alpha value is -0.540. The smallest absolute Gasteiger partial charge is 0.0850 e. The van der Waals surface area contributed by atoms with Gasteiger partial charge < -0.3 is 5.32 Å². The van der Waals surface area contributed by atoms with Crippen LogP contribution in [0, 0.1) is 5.92 Å². The predicted octanol–water partition coefficient (Wildman–Crippen LogP) is 3.74. The first-order chi connectivity index (χ1) is 9.67. The highest BCUT2D eigenvalue weighted by Gasteiger charge is 2.27. The minimum atomic E-state index is 0.551. The second-order valence-electron chi connectivity index (χ2n) is 5.99. The number of nitrogens with one attached hydrogen (secondary N) is 1. The van der Waals surface area contributed by atoms with Gasteiger partial charge in [0, 0.05) is 19.5 Å². The normalized spacial score (nSPS) is 17.8. The Morgan fingerprint density at radius 2 is 2.05 bits per heavy atom. The Morgan fingerprint density at radius 1 is 1.35 bits per heavy atom. The molecule has 4 heteroatoms. The molecule has 1 aromatic heterocycles. The maximum Gasteiger partial charge on any atom is 0.0850 e. The van der Waals surface area contributed by atoms with E-state index in [1.54, 1.807) is 0 Å². The Morgan fingerprint density at radius 3 is 2.60 bits per heavy atom. The van der Waals surface area contributed by atoms with E-state index in [0.717, 1.165) is 36.0 Å². The first kappa shape index (κ1) is 15.8. The molecule has 0 saturated heterocycles. The molecule has 0 amide bonds. The monoisotopic (exact) mass is 297 g/mol. The summed E-state index contributed by atoms with van der Waals surface area (Å²) in [6.07, 6.45) is 8.58. The third-order valence-electron chi connectivity index (χ3n) is 4.54. The summed E-state index contributed by atoms with van der Waals surface area (Å²) in [7, 11) is 2.02. The molecule has 1 aliphatic rings. The van der Waals surface area contributed by atoms with E-state index in [0.29, 0.717) is 6.04 Å². The lowest BCUT2D eigenvalue weighted by Crippen LogP contribution is -2.38. The molecule has 1 heterocycles. The van der Waals surface area contributed by atoms with Gasteiger partial charge in [-0.2, -0.15) is 5.10 Å². The fourth-order valence-corrected chi connectivity index (χ4v) is 3.72. The molecule has 1 aromatic rings. The zero-order valence-electron chi connectivity index (χ0n) is 13.1. The molecule has 0 spiro atoms. The number of halogens is 1. The van der Waals surface area contributed by atoms with Gasteiger partial charge in [0.2, 0.25) is 0 Å². The molecule has 0 aromatic carbocycles. The highest BCUT2D eigenvalue weighted by Crippen LogP contribution is 2.31. The van der Waals surface area contributed by atoms with Gasteiger partial charge >= 0.3 is 0 Å². The zero-order valence-corrected chi connectivity index (χ0v) is 13.8. The molecule has 0 bridgehead atoms. The number of hydrogen-bond acceptors (Lipinski definition) is 2. The van der Waals surface area contributed by atoms with Crippen molar-refractivity contribution in [1.82, 2.24) is 15.1 Å². The minimum Gasteiger partial charge on any atom is -0.313 e. The van der Waals surface area contributed by atoms with Crippen molar-refractivity contribution >= 4 is 11.6 Å². The van der Waals surface area contributed by atoms with Gasteiger partial charge in [0.1, 0.15) is 0 Å². The molecule has 1 saturated carbocycles. The number of rotatable bonds is 7. The van der Waals surface area contributed by atoms with Gasteiger partial charge in [-0.25, -0.2) is 0 Å². The van der Waals surface area contributed by atoms with Crippen LogP contribution in [0.4, 0.5) is 0 Å². The fourth-order valence-electron chi connectivity index (χ4n) is 3.34. The molecule has 1 aliphatic carbocycles. The summed E-state index contributed by atoms with van der Waals surface area (Å²) in [5, 5.41) is 9.17. The van der Waals surface area contributed by atoms with Crippen LogP contribution in [0.3, 0.4) is 0 Å². The Kier molecular flexibility index (Phi) is 5.91. The van der Waals surface area contributed by atoms with Gasteiger partial charge in [0.25, 0.3) is 0 Å². The van der Waals surface area contributed by atoms with Gasteiger partial charge in [0.05, 0.1) is 16.4 Å². The Labute approximate surface area is 128 Å². The van der Waals surface area contributed by atoms with Crippen molar-refractivity contribution in [1.29, 1.82) is 0 Å². The van der Waals surface area contributed by atoms with E-state index < -0.39 is 0 Å². The van der Waals surface area contributed by atoms with Crippen molar-refractivity contribution in [3.05, 3.63) is 16.4 Å². The Balaban J connectivity index is 2.11. The van der Waals surface area contributed by atoms with Crippen LogP contribution in [0.15, 0.2) is 0 Å². The molecule has 20 heavy (non-hydrogen) atoms. The zero-order chi connectivity index (χ0) is 14.5. The summed E-state index contributed by atoms with van der Waals surface area (Å²) >= 11 is 6.50. The van der Waals surface area contributed by atoms with Crippen LogP contribution < -0.4 is 5.32 Å². The molecule has 0 radical (unpaired) electrons. The van der Waals surface area contributed by atoms with Crippen molar-refractivity contribution in [3.63, 3.8) is 0 Å². The number of hydrogen-bond donors (Lipinski definition) is 1. The van der Waals surface area contributed by atoms with Crippen LogP contribution in [0.25, 0.3) is 0 Å². The van der Waals surface area contributed by atoms with Crippen LogP contribution in [0.1, 0.15) is 57.3 Å². The SMILES string of the molecule is CCCNC(Cc1c(Cl)c(CC)nn1C)C1CCCC1. The molecule has 1 fully saturated rings. The summed E-state index contributed by atoms with van der Waals surface area (Å²) in [4.78, 5) is 0. The van der Waals surface area contributed by atoms with Gasteiger partial charge in [-0.3, -0.25) is 4.68 Å². The van der Waals surface area contributed by atoms with Gasteiger partial charge in [-0.15, -0.1) is 0 Å².